The third-order valence-corrected chi connectivity index (χ3v) is 14.6. The minimum atomic E-state index is -1.72. The van der Waals surface area contributed by atoms with E-state index in [2.05, 4.69) is 119 Å². The Kier molecular flexibility index (Phi) is 11.1. The van der Waals surface area contributed by atoms with Crippen LogP contribution in [0, 0.1) is 12.1 Å². The molecule has 1 aliphatic carbocycles. The van der Waals surface area contributed by atoms with E-state index in [0.717, 1.165) is 22.5 Å². The van der Waals surface area contributed by atoms with Crippen molar-refractivity contribution in [3.63, 3.8) is 0 Å². The fourth-order valence-corrected chi connectivity index (χ4v) is 9.79. The second-order valence-corrected chi connectivity index (χ2v) is 25.3. The number of aromatic nitrogens is 2. The quantitative estimate of drug-likeness (QED) is 0.127. The van der Waals surface area contributed by atoms with Crippen molar-refractivity contribution < 1.29 is 20.1 Å². The Labute approximate surface area is 305 Å². The van der Waals surface area contributed by atoms with E-state index in [-0.39, 0.29) is 20.1 Å². The standard InChI is InChI=1S/C29H24NS.C14H16GeN.Ir/c1-3-7-20(8-4-1)22-11-13-25-26-17-24(12-14-28(26)31-29(25)19-22)27-18-23(15-16-30-27)21-9-5-2-6-10-21;1-15(2,3)13-9-10-14(16-11-13)12-7-5-4-6-8-12;/h1,3-4,7-8,11,13-19,21H,2,5-6,9-10H2;4-7,9-11H,1-3H3;/q2*-1;. The van der Waals surface area contributed by atoms with Gasteiger partial charge >= 0.3 is 99.8 Å². The van der Waals surface area contributed by atoms with Crippen molar-refractivity contribution in [1.29, 1.82) is 0 Å². The van der Waals surface area contributed by atoms with E-state index < -0.39 is 13.3 Å². The van der Waals surface area contributed by atoms with E-state index in [1.54, 1.807) is 0 Å². The number of pyridine rings is 2. The van der Waals surface area contributed by atoms with Crippen molar-refractivity contribution in [2.24, 2.45) is 0 Å². The molecule has 8 rings (SSSR count). The summed E-state index contributed by atoms with van der Waals surface area (Å²) in [5, 5.41) is 2.62. The number of hydrogen-bond acceptors (Lipinski definition) is 3. The van der Waals surface area contributed by atoms with Crippen LogP contribution in [-0.4, -0.2) is 23.2 Å². The average molecular weight is 882 g/mol. The van der Waals surface area contributed by atoms with E-state index >= 15 is 0 Å². The van der Waals surface area contributed by atoms with Crippen molar-refractivity contribution in [2.75, 3.05) is 0 Å². The summed E-state index contributed by atoms with van der Waals surface area (Å²) in [6.07, 6.45) is 10.7. The molecule has 48 heavy (non-hydrogen) atoms. The minimum absolute atomic E-state index is 0. The van der Waals surface area contributed by atoms with Crippen LogP contribution in [-0.2, 0) is 20.1 Å². The minimum Gasteiger partial charge on any atom is -0.305 e. The van der Waals surface area contributed by atoms with Gasteiger partial charge in [-0.2, -0.15) is 11.3 Å². The molecule has 3 aromatic heterocycles. The van der Waals surface area contributed by atoms with Gasteiger partial charge in [-0.25, -0.2) is 0 Å². The number of benzene rings is 4. The predicted molar refractivity (Wildman–Crippen MR) is 204 cm³/mol. The van der Waals surface area contributed by atoms with E-state index in [0.29, 0.717) is 5.92 Å². The normalized spacial score (nSPS) is 13.5. The van der Waals surface area contributed by atoms with Crippen LogP contribution in [0.5, 0.6) is 0 Å². The van der Waals surface area contributed by atoms with Crippen LogP contribution >= 0.6 is 11.3 Å². The number of rotatable bonds is 5. The molecule has 1 fully saturated rings. The van der Waals surface area contributed by atoms with Gasteiger partial charge in [0.05, 0.1) is 0 Å². The molecule has 2 nitrogen and oxygen atoms in total. The second kappa shape index (κ2) is 15.4. The summed E-state index contributed by atoms with van der Waals surface area (Å²) in [6.45, 7) is 0. The van der Waals surface area contributed by atoms with Gasteiger partial charge in [0.2, 0.25) is 0 Å². The topological polar surface area (TPSA) is 25.8 Å². The maximum atomic E-state index is 4.70. The number of thiophene rings is 1. The molecular formula is C43H40GeIrN2S-2. The van der Waals surface area contributed by atoms with Gasteiger partial charge in [-0.3, -0.25) is 0 Å². The van der Waals surface area contributed by atoms with Crippen LogP contribution in [0.2, 0.25) is 17.3 Å². The van der Waals surface area contributed by atoms with Crippen LogP contribution in [0.15, 0.2) is 122 Å². The van der Waals surface area contributed by atoms with Crippen LogP contribution in [0.3, 0.4) is 0 Å². The SMILES string of the molecule is [CH3][Ge]([CH3])([CH3])[c]1ccc(-c2[c-]cccc2)nc1.[Ir].[c-]1cc2sc3cc(-c4ccccc4)ccc3c2cc1-c1cc(C2CCCCC2)ccn1. The Bertz CT molecular complexity index is 2100. The summed E-state index contributed by atoms with van der Waals surface area (Å²) in [4.78, 5) is 9.23. The first kappa shape index (κ1) is 34.5. The third-order valence-electron chi connectivity index (χ3n) is 9.26. The fourth-order valence-electron chi connectivity index (χ4n) is 6.51. The van der Waals surface area contributed by atoms with Crippen molar-refractivity contribution in [2.45, 2.75) is 55.3 Å². The molecule has 0 aliphatic heterocycles. The first-order valence-electron chi connectivity index (χ1n) is 16.8. The van der Waals surface area contributed by atoms with Crippen molar-refractivity contribution in [3.8, 4) is 33.6 Å². The summed E-state index contributed by atoms with van der Waals surface area (Å²) in [7, 11) is 0. The molecule has 0 N–H and O–H groups in total. The summed E-state index contributed by atoms with van der Waals surface area (Å²) in [6, 6.07) is 45.4. The zero-order valence-electron chi connectivity index (χ0n) is 27.8. The van der Waals surface area contributed by atoms with Gasteiger partial charge in [0, 0.05) is 31.0 Å². The molecule has 243 valence electrons. The first-order valence-corrected chi connectivity index (χ1v) is 24.9. The Hall–Kier alpha value is -3.41. The Morgan fingerprint density at radius 3 is 2.21 bits per heavy atom. The molecule has 0 amide bonds. The molecule has 4 aromatic carbocycles. The van der Waals surface area contributed by atoms with Crippen LogP contribution in [0.4, 0.5) is 0 Å². The molecule has 1 radical (unpaired) electrons. The molecule has 0 unspecified atom stereocenters. The van der Waals surface area contributed by atoms with Crippen molar-refractivity contribution in [1.82, 2.24) is 9.97 Å². The zero-order chi connectivity index (χ0) is 32.2. The molecule has 1 aliphatic rings. The Morgan fingerprint density at radius 1 is 0.667 bits per heavy atom. The predicted octanol–water partition coefficient (Wildman–Crippen LogP) is 11.7. The maximum absolute atomic E-state index is 4.70. The van der Waals surface area contributed by atoms with Crippen LogP contribution in [0.1, 0.15) is 43.6 Å². The van der Waals surface area contributed by atoms with Gasteiger partial charge in [0.1, 0.15) is 0 Å². The van der Waals surface area contributed by atoms with Crippen LogP contribution in [0.25, 0.3) is 53.8 Å². The van der Waals surface area contributed by atoms with E-state index in [1.165, 1.54) is 73.4 Å². The molecule has 1 saturated carbocycles. The number of fused-ring (bicyclic) bond motifs is 3. The molecule has 0 saturated heterocycles. The number of hydrogen-bond donors (Lipinski definition) is 0. The van der Waals surface area contributed by atoms with Crippen LogP contribution < -0.4 is 4.40 Å². The summed E-state index contributed by atoms with van der Waals surface area (Å²) in [5.41, 5.74) is 8.19. The summed E-state index contributed by atoms with van der Waals surface area (Å²) in [5.74, 6) is 7.83. The Balaban J connectivity index is 0.000000201. The monoisotopic (exact) mass is 883 g/mol. The fraction of sp³-hybridized carbons (Fsp3) is 0.209. The maximum Gasteiger partial charge on any atom is 0.0245 e. The van der Waals surface area contributed by atoms with Crippen molar-refractivity contribution in [3.05, 3.63) is 139 Å². The first-order chi connectivity index (χ1) is 22.9. The van der Waals surface area contributed by atoms with Gasteiger partial charge in [0.25, 0.3) is 0 Å². The summed E-state index contributed by atoms with van der Waals surface area (Å²) >= 11 is 0.133. The van der Waals surface area contributed by atoms with Gasteiger partial charge in [-0.05, 0) is 57.8 Å². The van der Waals surface area contributed by atoms with E-state index in [4.69, 9.17) is 4.98 Å². The zero-order valence-corrected chi connectivity index (χ0v) is 33.1. The average Bonchev–Trinajstić information content (AvgIpc) is 3.50. The molecule has 0 bridgehead atoms. The van der Waals surface area contributed by atoms with Gasteiger partial charge in [0.15, 0.2) is 0 Å². The largest absolute Gasteiger partial charge is 0.305 e. The number of nitrogens with zero attached hydrogens (tertiary/aromatic N) is 2. The molecule has 0 spiro atoms. The molecular weight excluding hydrogens is 841 g/mol. The molecule has 3 heterocycles. The molecule has 0 atom stereocenters. The van der Waals surface area contributed by atoms with Crippen molar-refractivity contribution >= 4 is 49.2 Å². The third kappa shape index (κ3) is 7.90. The van der Waals surface area contributed by atoms with E-state index in [9.17, 15) is 0 Å². The summed E-state index contributed by atoms with van der Waals surface area (Å²) < 4.78 is 4.05. The van der Waals surface area contributed by atoms with Gasteiger partial charge < -0.3 is 4.98 Å². The molecule has 5 heteroatoms. The Morgan fingerprint density at radius 2 is 1.48 bits per heavy atom. The van der Waals surface area contributed by atoms with E-state index in [1.807, 2.05) is 48.0 Å². The smallest absolute Gasteiger partial charge is 0.0245 e. The van der Waals surface area contributed by atoms with Gasteiger partial charge in [-0.15, -0.1) is 23.8 Å². The van der Waals surface area contributed by atoms with Gasteiger partial charge in [-0.1, -0.05) is 78.7 Å². The second-order valence-electron chi connectivity index (χ2n) is 13.6. The molecule has 7 aromatic rings.